The second-order valence-electron chi connectivity index (χ2n) is 8.43. The number of benzene rings is 1. The summed E-state index contributed by atoms with van der Waals surface area (Å²) in [4.78, 5) is 44.0. The van der Waals surface area contributed by atoms with E-state index < -0.39 is 17.5 Å². The molecule has 4 amide bonds. The predicted octanol–water partition coefficient (Wildman–Crippen LogP) is 3.62. The highest BCUT2D eigenvalue weighted by molar-refractivity contribution is 7.15. The average molecular weight is 445 g/mol. The van der Waals surface area contributed by atoms with E-state index in [1.165, 1.54) is 17.4 Å². The SMILES string of the molecule is Cc1nc(NC(=O)CN2C(=O)NC3(CCC(C)CC3)C2=O)sc1Cc1ccccc1F. The second-order valence-corrected chi connectivity index (χ2v) is 9.51. The van der Waals surface area contributed by atoms with Crippen LogP contribution in [0.2, 0.25) is 0 Å². The lowest BCUT2D eigenvalue weighted by Gasteiger charge is -2.33. The van der Waals surface area contributed by atoms with Crippen molar-refractivity contribution in [1.82, 2.24) is 15.2 Å². The Bertz CT molecular complexity index is 1030. The molecule has 1 saturated heterocycles. The van der Waals surface area contributed by atoms with Gasteiger partial charge in [0.05, 0.1) is 5.69 Å². The number of hydrogen-bond donors (Lipinski definition) is 2. The first-order valence-electron chi connectivity index (χ1n) is 10.4. The molecule has 4 rings (SSSR count). The summed E-state index contributed by atoms with van der Waals surface area (Å²) in [5.41, 5.74) is 0.390. The maximum absolute atomic E-state index is 13.9. The number of anilines is 1. The molecule has 1 spiro atoms. The van der Waals surface area contributed by atoms with Crippen molar-refractivity contribution >= 4 is 34.3 Å². The van der Waals surface area contributed by atoms with Gasteiger partial charge >= 0.3 is 6.03 Å². The molecule has 1 aromatic carbocycles. The molecule has 9 heteroatoms. The van der Waals surface area contributed by atoms with Gasteiger partial charge in [-0.05, 0) is 50.2 Å². The Morgan fingerprint density at radius 1 is 1.32 bits per heavy atom. The molecule has 1 saturated carbocycles. The third-order valence-electron chi connectivity index (χ3n) is 6.12. The Balaban J connectivity index is 1.40. The molecule has 0 unspecified atom stereocenters. The van der Waals surface area contributed by atoms with Crippen LogP contribution in [0, 0.1) is 18.7 Å². The molecule has 2 aliphatic rings. The van der Waals surface area contributed by atoms with Crippen molar-refractivity contribution in [3.05, 3.63) is 46.2 Å². The highest BCUT2D eigenvalue weighted by Gasteiger charge is 2.52. The Kier molecular flexibility index (Phi) is 5.79. The van der Waals surface area contributed by atoms with Crippen LogP contribution in [0.5, 0.6) is 0 Å². The maximum Gasteiger partial charge on any atom is 0.325 e. The zero-order valence-electron chi connectivity index (χ0n) is 17.5. The van der Waals surface area contributed by atoms with E-state index in [-0.39, 0.29) is 18.3 Å². The molecule has 0 atom stereocenters. The fourth-order valence-electron chi connectivity index (χ4n) is 4.18. The molecule has 1 aliphatic heterocycles. The maximum atomic E-state index is 13.9. The first-order chi connectivity index (χ1) is 14.8. The Morgan fingerprint density at radius 3 is 2.74 bits per heavy atom. The summed E-state index contributed by atoms with van der Waals surface area (Å²) < 4.78 is 13.9. The van der Waals surface area contributed by atoms with Crippen LogP contribution in [-0.2, 0) is 16.0 Å². The van der Waals surface area contributed by atoms with Crippen LogP contribution < -0.4 is 10.6 Å². The van der Waals surface area contributed by atoms with Gasteiger partial charge in [-0.15, -0.1) is 11.3 Å². The normalized spacial score (nSPS) is 23.3. The van der Waals surface area contributed by atoms with E-state index in [2.05, 4.69) is 22.5 Å². The summed E-state index contributed by atoms with van der Waals surface area (Å²) in [6.07, 6.45) is 3.31. The number of amides is 4. The monoisotopic (exact) mass is 444 g/mol. The minimum Gasteiger partial charge on any atom is -0.323 e. The van der Waals surface area contributed by atoms with Crippen molar-refractivity contribution in [2.75, 3.05) is 11.9 Å². The van der Waals surface area contributed by atoms with Crippen molar-refractivity contribution in [1.29, 1.82) is 0 Å². The highest BCUT2D eigenvalue weighted by Crippen LogP contribution is 2.36. The second kappa shape index (κ2) is 8.37. The fourth-order valence-corrected chi connectivity index (χ4v) is 5.18. The summed E-state index contributed by atoms with van der Waals surface area (Å²) in [7, 11) is 0. The predicted molar refractivity (Wildman–Crippen MR) is 115 cm³/mol. The lowest BCUT2D eigenvalue weighted by atomic mass is 9.77. The number of rotatable bonds is 5. The molecule has 1 aliphatic carbocycles. The van der Waals surface area contributed by atoms with Crippen molar-refractivity contribution in [2.24, 2.45) is 5.92 Å². The number of hydrogen-bond acceptors (Lipinski definition) is 5. The summed E-state index contributed by atoms with van der Waals surface area (Å²) >= 11 is 1.26. The van der Waals surface area contributed by atoms with E-state index in [1.807, 2.05) is 0 Å². The topological polar surface area (TPSA) is 91.4 Å². The third-order valence-corrected chi connectivity index (χ3v) is 7.20. The number of nitrogens with zero attached hydrogens (tertiary/aromatic N) is 2. The number of carbonyl (C=O) groups excluding carboxylic acids is 3. The van der Waals surface area contributed by atoms with Crippen LogP contribution in [0.4, 0.5) is 14.3 Å². The molecule has 0 radical (unpaired) electrons. The fraction of sp³-hybridized carbons (Fsp3) is 0.455. The number of halogens is 1. The smallest absolute Gasteiger partial charge is 0.323 e. The van der Waals surface area contributed by atoms with E-state index in [1.54, 1.807) is 25.1 Å². The number of thiazole rings is 1. The molecule has 2 N–H and O–H groups in total. The number of nitrogens with one attached hydrogen (secondary N) is 2. The van der Waals surface area contributed by atoms with E-state index in [0.717, 1.165) is 22.6 Å². The quantitative estimate of drug-likeness (QED) is 0.689. The standard InChI is InChI=1S/C22H25FN4O3S/c1-13-7-9-22(10-8-13)19(29)27(21(30)26-22)12-18(28)25-20-24-14(2)17(31-20)11-15-5-3-4-6-16(15)23/h3-6,13H,7-12H2,1-2H3,(H,26,30)(H,24,25,28). The van der Waals surface area contributed by atoms with Crippen LogP contribution >= 0.6 is 11.3 Å². The zero-order chi connectivity index (χ0) is 22.2. The zero-order valence-corrected chi connectivity index (χ0v) is 18.4. The number of imide groups is 1. The summed E-state index contributed by atoms with van der Waals surface area (Å²) in [6.45, 7) is 3.58. The van der Waals surface area contributed by atoms with Crippen LogP contribution in [0.15, 0.2) is 24.3 Å². The minimum absolute atomic E-state index is 0.287. The average Bonchev–Trinajstić information content (AvgIpc) is 3.17. The van der Waals surface area contributed by atoms with Gasteiger partial charge in [-0.3, -0.25) is 14.5 Å². The Labute approximate surface area is 184 Å². The van der Waals surface area contributed by atoms with E-state index in [9.17, 15) is 18.8 Å². The molecular weight excluding hydrogens is 419 g/mol. The van der Waals surface area contributed by atoms with E-state index in [0.29, 0.717) is 41.6 Å². The molecule has 0 bridgehead atoms. The summed E-state index contributed by atoms with van der Waals surface area (Å²) in [5.74, 6) is -0.573. The molecule has 7 nitrogen and oxygen atoms in total. The lowest BCUT2D eigenvalue weighted by molar-refractivity contribution is -0.135. The van der Waals surface area contributed by atoms with Crippen molar-refractivity contribution in [3.8, 4) is 0 Å². The Morgan fingerprint density at radius 2 is 2.03 bits per heavy atom. The minimum atomic E-state index is -0.866. The molecule has 164 valence electrons. The molecule has 2 aromatic rings. The van der Waals surface area contributed by atoms with Gasteiger partial charge in [0.15, 0.2) is 5.13 Å². The van der Waals surface area contributed by atoms with Crippen LogP contribution in [0.25, 0.3) is 0 Å². The largest absolute Gasteiger partial charge is 0.325 e. The summed E-state index contributed by atoms with van der Waals surface area (Å²) in [6, 6.07) is 6.01. The van der Waals surface area contributed by atoms with E-state index >= 15 is 0 Å². The van der Waals surface area contributed by atoms with Gasteiger partial charge in [-0.1, -0.05) is 25.1 Å². The number of urea groups is 1. The Hall–Kier alpha value is -2.81. The van der Waals surface area contributed by atoms with Gasteiger partial charge in [-0.2, -0.15) is 0 Å². The molecule has 31 heavy (non-hydrogen) atoms. The van der Waals surface area contributed by atoms with Crippen molar-refractivity contribution < 1.29 is 18.8 Å². The third kappa shape index (κ3) is 4.32. The van der Waals surface area contributed by atoms with Crippen LogP contribution in [-0.4, -0.2) is 39.8 Å². The van der Waals surface area contributed by atoms with Gasteiger partial charge < -0.3 is 10.6 Å². The lowest BCUT2D eigenvalue weighted by Crippen LogP contribution is -2.49. The van der Waals surface area contributed by atoms with Gasteiger partial charge in [0.2, 0.25) is 5.91 Å². The van der Waals surface area contributed by atoms with Crippen LogP contribution in [0.3, 0.4) is 0 Å². The van der Waals surface area contributed by atoms with Gasteiger partial charge in [0.25, 0.3) is 5.91 Å². The van der Waals surface area contributed by atoms with Gasteiger partial charge in [0, 0.05) is 11.3 Å². The summed E-state index contributed by atoms with van der Waals surface area (Å²) in [5, 5.41) is 5.85. The molecule has 2 fully saturated rings. The first-order valence-corrected chi connectivity index (χ1v) is 11.2. The van der Waals surface area contributed by atoms with Gasteiger partial charge in [-0.25, -0.2) is 14.2 Å². The van der Waals surface area contributed by atoms with Crippen molar-refractivity contribution in [2.45, 2.75) is 51.5 Å². The van der Waals surface area contributed by atoms with E-state index in [4.69, 9.17) is 0 Å². The number of aromatic nitrogens is 1. The number of aryl methyl sites for hydroxylation is 1. The molecule has 1 aromatic heterocycles. The number of carbonyl (C=O) groups is 3. The van der Waals surface area contributed by atoms with Crippen LogP contribution in [0.1, 0.15) is 48.7 Å². The van der Waals surface area contributed by atoms with Gasteiger partial charge in [0.1, 0.15) is 17.9 Å². The molecular formula is C22H25FN4O3S. The highest BCUT2D eigenvalue weighted by atomic mass is 32.1. The molecule has 2 heterocycles. The first kappa shape index (κ1) is 21.4. The van der Waals surface area contributed by atoms with Crippen molar-refractivity contribution in [3.63, 3.8) is 0 Å².